The van der Waals surface area contributed by atoms with Crippen molar-refractivity contribution in [1.82, 2.24) is 10.3 Å². The summed E-state index contributed by atoms with van der Waals surface area (Å²) in [5, 5.41) is 9.28. The molecule has 1 fully saturated rings. The van der Waals surface area contributed by atoms with Gasteiger partial charge in [-0.15, -0.1) is 11.3 Å². The minimum atomic E-state index is 0.0972. The molecule has 1 amide bonds. The Kier molecular flexibility index (Phi) is 4.62. The second-order valence-electron chi connectivity index (χ2n) is 5.38. The van der Waals surface area contributed by atoms with Gasteiger partial charge in [0.1, 0.15) is 5.01 Å². The monoisotopic (exact) mass is 301 g/mol. The molecule has 0 bridgehead atoms. The van der Waals surface area contributed by atoms with Crippen molar-refractivity contribution in [3.8, 4) is 10.6 Å². The Morgan fingerprint density at radius 2 is 2.43 bits per heavy atom. The van der Waals surface area contributed by atoms with Crippen LogP contribution in [0.1, 0.15) is 19.3 Å². The molecule has 0 aliphatic carbocycles. The van der Waals surface area contributed by atoms with Crippen LogP contribution in [-0.4, -0.2) is 24.0 Å². The van der Waals surface area contributed by atoms with E-state index in [1.807, 2.05) is 29.6 Å². The zero-order chi connectivity index (χ0) is 14.5. The number of nitrogens with one attached hydrogen (secondary N) is 2. The predicted octanol–water partition coefficient (Wildman–Crippen LogP) is 3.14. The van der Waals surface area contributed by atoms with Crippen LogP contribution in [0.15, 0.2) is 35.8 Å². The minimum absolute atomic E-state index is 0.0972. The molecular weight excluding hydrogens is 282 g/mol. The van der Waals surface area contributed by atoms with E-state index in [1.54, 1.807) is 17.5 Å². The number of hydrogen-bond donors (Lipinski definition) is 2. The van der Waals surface area contributed by atoms with Gasteiger partial charge in [-0.05, 0) is 44.0 Å². The molecule has 2 N–H and O–H groups in total. The number of hydrogen-bond acceptors (Lipinski definition) is 4. The van der Waals surface area contributed by atoms with E-state index in [9.17, 15) is 4.79 Å². The SMILES string of the molecule is O=C(CC1CCCNC1)Nc1cccc(-c2nccs2)c1. The zero-order valence-corrected chi connectivity index (χ0v) is 12.7. The van der Waals surface area contributed by atoms with Crippen LogP contribution in [0.4, 0.5) is 5.69 Å². The Bertz CT molecular complexity index is 591. The molecule has 1 aromatic carbocycles. The van der Waals surface area contributed by atoms with Gasteiger partial charge in [-0.25, -0.2) is 4.98 Å². The number of benzene rings is 1. The van der Waals surface area contributed by atoms with Gasteiger partial charge in [0.15, 0.2) is 0 Å². The van der Waals surface area contributed by atoms with Gasteiger partial charge in [-0.3, -0.25) is 4.79 Å². The van der Waals surface area contributed by atoms with Crippen LogP contribution in [0.3, 0.4) is 0 Å². The molecule has 1 aliphatic rings. The maximum Gasteiger partial charge on any atom is 0.224 e. The normalized spacial score (nSPS) is 18.4. The highest BCUT2D eigenvalue weighted by molar-refractivity contribution is 7.13. The lowest BCUT2D eigenvalue weighted by molar-refractivity contribution is -0.117. The van der Waals surface area contributed by atoms with Crippen molar-refractivity contribution in [3.63, 3.8) is 0 Å². The number of rotatable bonds is 4. The van der Waals surface area contributed by atoms with Crippen LogP contribution in [-0.2, 0) is 4.79 Å². The van der Waals surface area contributed by atoms with Gasteiger partial charge in [-0.1, -0.05) is 12.1 Å². The first-order valence-electron chi connectivity index (χ1n) is 7.32. The summed E-state index contributed by atoms with van der Waals surface area (Å²) < 4.78 is 0. The highest BCUT2D eigenvalue weighted by atomic mass is 32.1. The van der Waals surface area contributed by atoms with E-state index in [-0.39, 0.29) is 5.91 Å². The number of thiazole rings is 1. The smallest absolute Gasteiger partial charge is 0.224 e. The standard InChI is InChI=1S/C16H19N3OS/c20-15(9-12-3-2-6-17-11-12)19-14-5-1-4-13(10-14)16-18-7-8-21-16/h1,4-5,7-8,10,12,17H,2-3,6,9,11H2,(H,19,20). The fourth-order valence-corrected chi connectivity index (χ4v) is 3.30. The average Bonchev–Trinajstić information content (AvgIpc) is 3.02. The molecule has 0 saturated carbocycles. The van der Waals surface area contributed by atoms with Crippen LogP contribution >= 0.6 is 11.3 Å². The zero-order valence-electron chi connectivity index (χ0n) is 11.8. The molecule has 2 heterocycles. The number of aromatic nitrogens is 1. The number of carbonyl (C=O) groups is 1. The molecule has 5 heteroatoms. The first-order chi connectivity index (χ1) is 10.3. The molecule has 1 aliphatic heterocycles. The molecule has 2 aromatic rings. The van der Waals surface area contributed by atoms with E-state index in [4.69, 9.17) is 0 Å². The van der Waals surface area contributed by atoms with E-state index in [0.29, 0.717) is 12.3 Å². The largest absolute Gasteiger partial charge is 0.326 e. The van der Waals surface area contributed by atoms with Crippen LogP contribution in [0, 0.1) is 5.92 Å². The third-order valence-electron chi connectivity index (χ3n) is 3.70. The lowest BCUT2D eigenvalue weighted by Crippen LogP contribution is -2.32. The molecule has 110 valence electrons. The summed E-state index contributed by atoms with van der Waals surface area (Å²) in [5.74, 6) is 0.556. The van der Waals surface area contributed by atoms with E-state index in [2.05, 4.69) is 15.6 Å². The Hall–Kier alpha value is -1.72. The molecule has 1 aromatic heterocycles. The van der Waals surface area contributed by atoms with Gasteiger partial charge in [0.25, 0.3) is 0 Å². The number of piperidine rings is 1. The molecule has 21 heavy (non-hydrogen) atoms. The lowest BCUT2D eigenvalue weighted by atomic mass is 9.96. The molecule has 0 spiro atoms. The summed E-state index contributed by atoms with van der Waals surface area (Å²) >= 11 is 1.60. The van der Waals surface area contributed by atoms with Crippen LogP contribution in [0.25, 0.3) is 10.6 Å². The van der Waals surface area contributed by atoms with Crippen LogP contribution < -0.4 is 10.6 Å². The second kappa shape index (κ2) is 6.83. The highest BCUT2D eigenvalue weighted by Crippen LogP contribution is 2.24. The molecule has 1 saturated heterocycles. The van der Waals surface area contributed by atoms with Gasteiger partial charge in [-0.2, -0.15) is 0 Å². The number of anilines is 1. The maximum absolute atomic E-state index is 12.1. The van der Waals surface area contributed by atoms with Crippen molar-refractivity contribution < 1.29 is 4.79 Å². The predicted molar refractivity (Wildman–Crippen MR) is 86.4 cm³/mol. The first kappa shape index (κ1) is 14.2. The Morgan fingerprint density at radius 3 is 3.19 bits per heavy atom. The third-order valence-corrected chi connectivity index (χ3v) is 4.52. The molecule has 3 rings (SSSR count). The molecule has 4 nitrogen and oxygen atoms in total. The number of carbonyl (C=O) groups excluding carboxylic acids is 1. The summed E-state index contributed by atoms with van der Waals surface area (Å²) in [4.78, 5) is 16.4. The lowest BCUT2D eigenvalue weighted by Gasteiger charge is -2.22. The molecule has 1 atom stereocenters. The summed E-state index contributed by atoms with van der Waals surface area (Å²) in [5.41, 5.74) is 1.89. The van der Waals surface area contributed by atoms with Gasteiger partial charge >= 0.3 is 0 Å². The number of amides is 1. The van der Waals surface area contributed by atoms with E-state index in [1.165, 1.54) is 0 Å². The fourth-order valence-electron chi connectivity index (χ4n) is 2.67. The van der Waals surface area contributed by atoms with Crippen molar-refractivity contribution >= 4 is 22.9 Å². The van der Waals surface area contributed by atoms with E-state index in [0.717, 1.165) is 42.2 Å². The fraction of sp³-hybridized carbons (Fsp3) is 0.375. The van der Waals surface area contributed by atoms with Crippen molar-refractivity contribution in [3.05, 3.63) is 35.8 Å². The van der Waals surface area contributed by atoms with Crippen molar-refractivity contribution in [2.45, 2.75) is 19.3 Å². The van der Waals surface area contributed by atoms with Crippen molar-refractivity contribution in [1.29, 1.82) is 0 Å². The van der Waals surface area contributed by atoms with Gasteiger partial charge < -0.3 is 10.6 Å². The second-order valence-corrected chi connectivity index (χ2v) is 6.28. The topological polar surface area (TPSA) is 54.0 Å². The molecular formula is C16H19N3OS. The van der Waals surface area contributed by atoms with Crippen molar-refractivity contribution in [2.24, 2.45) is 5.92 Å². The minimum Gasteiger partial charge on any atom is -0.326 e. The number of nitrogens with zero attached hydrogens (tertiary/aromatic N) is 1. The van der Waals surface area contributed by atoms with Crippen LogP contribution in [0.5, 0.6) is 0 Å². The molecule has 1 unspecified atom stereocenters. The van der Waals surface area contributed by atoms with Crippen molar-refractivity contribution in [2.75, 3.05) is 18.4 Å². The first-order valence-corrected chi connectivity index (χ1v) is 8.20. The highest BCUT2D eigenvalue weighted by Gasteiger charge is 2.16. The summed E-state index contributed by atoms with van der Waals surface area (Å²) in [7, 11) is 0. The van der Waals surface area contributed by atoms with E-state index >= 15 is 0 Å². The third kappa shape index (κ3) is 3.89. The average molecular weight is 301 g/mol. The summed E-state index contributed by atoms with van der Waals surface area (Å²) in [6.07, 6.45) is 4.69. The Balaban J connectivity index is 1.62. The summed E-state index contributed by atoms with van der Waals surface area (Å²) in [6.45, 7) is 2.03. The van der Waals surface area contributed by atoms with Crippen LogP contribution in [0.2, 0.25) is 0 Å². The maximum atomic E-state index is 12.1. The summed E-state index contributed by atoms with van der Waals surface area (Å²) in [6, 6.07) is 7.87. The molecule has 0 radical (unpaired) electrons. The van der Waals surface area contributed by atoms with Gasteiger partial charge in [0.05, 0.1) is 0 Å². The quantitative estimate of drug-likeness (QED) is 0.912. The van der Waals surface area contributed by atoms with Gasteiger partial charge in [0.2, 0.25) is 5.91 Å². The van der Waals surface area contributed by atoms with Gasteiger partial charge in [0, 0.05) is 29.2 Å². The Morgan fingerprint density at radius 1 is 1.48 bits per heavy atom. The van der Waals surface area contributed by atoms with E-state index < -0.39 is 0 Å². The Labute approximate surface area is 128 Å².